The first-order valence-corrected chi connectivity index (χ1v) is 6.11. The van der Waals surface area contributed by atoms with Gasteiger partial charge in [-0.15, -0.1) is 0 Å². The molecule has 4 heteroatoms. The zero-order valence-corrected chi connectivity index (χ0v) is 10.6. The molecule has 0 saturated carbocycles. The number of hydrogen-bond acceptors (Lipinski definition) is 4. The Morgan fingerprint density at radius 1 is 1.50 bits per heavy atom. The number of nitriles is 1. The van der Waals surface area contributed by atoms with Gasteiger partial charge in [-0.05, 0) is 30.5 Å². The zero-order valence-electron chi connectivity index (χ0n) is 10.6. The summed E-state index contributed by atoms with van der Waals surface area (Å²) >= 11 is 0. The van der Waals surface area contributed by atoms with Crippen LogP contribution in [0.2, 0.25) is 0 Å². The number of carbonyl (C=O) groups excluding carboxylic acids is 1. The van der Waals surface area contributed by atoms with E-state index in [1.54, 1.807) is 12.1 Å². The molecule has 0 aliphatic rings. The lowest BCUT2D eigenvalue weighted by atomic mass is 10.1. The number of benzene rings is 1. The average Bonchev–Trinajstić information content (AvgIpc) is 2.37. The smallest absolute Gasteiger partial charge is 0.306 e. The SMILES string of the molecule is CCCCOC(=O)CCc1ccc(C#N)c(N)c1. The minimum Gasteiger partial charge on any atom is -0.466 e. The molecule has 1 rings (SSSR count). The topological polar surface area (TPSA) is 76.1 Å². The summed E-state index contributed by atoms with van der Waals surface area (Å²) in [5.74, 6) is -0.189. The van der Waals surface area contributed by atoms with Crippen LogP contribution in [0.3, 0.4) is 0 Å². The highest BCUT2D eigenvalue weighted by Gasteiger charge is 2.05. The van der Waals surface area contributed by atoms with Crippen molar-refractivity contribution in [1.29, 1.82) is 5.26 Å². The Morgan fingerprint density at radius 2 is 2.28 bits per heavy atom. The van der Waals surface area contributed by atoms with Crippen LogP contribution in [0.1, 0.15) is 37.3 Å². The lowest BCUT2D eigenvalue weighted by molar-refractivity contribution is -0.143. The third-order valence-electron chi connectivity index (χ3n) is 2.62. The van der Waals surface area contributed by atoms with E-state index in [0.29, 0.717) is 30.7 Å². The summed E-state index contributed by atoms with van der Waals surface area (Å²) in [4.78, 5) is 11.4. The fourth-order valence-electron chi connectivity index (χ4n) is 1.52. The zero-order chi connectivity index (χ0) is 13.4. The number of anilines is 1. The largest absolute Gasteiger partial charge is 0.466 e. The Kier molecular flexibility index (Phi) is 5.72. The van der Waals surface area contributed by atoms with Gasteiger partial charge in [-0.2, -0.15) is 5.26 Å². The lowest BCUT2D eigenvalue weighted by Crippen LogP contribution is -2.07. The molecule has 96 valence electrons. The molecule has 2 N–H and O–H groups in total. The molecule has 0 heterocycles. The Balaban J connectivity index is 2.42. The van der Waals surface area contributed by atoms with E-state index in [1.807, 2.05) is 19.1 Å². The summed E-state index contributed by atoms with van der Waals surface area (Å²) < 4.78 is 5.06. The summed E-state index contributed by atoms with van der Waals surface area (Å²) in [6.07, 6.45) is 2.84. The summed E-state index contributed by atoms with van der Waals surface area (Å²) in [5, 5.41) is 8.74. The highest BCUT2D eigenvalue weighted by Crippen LogP contribution is 2.14. The van der Waals surface area contributed by atoms with E-state index in [1.165, 1.54) is 0 Å². The van der Waals surface area contributed by atoms with Gasteiger partial charge in [0.1, 0.15) is 6.07 Å². The third-order valence-corrected chi connectivity index (χ3v) is 2.62. The van der Waals surface area contributed by atoms with Crippen LogP contribution in [0.4, 0.5) is 5.69 Å². The van der Waals surface area contributed by atoms with Crippen molar-refractivity contribution in [2.24, 2.45) is 0 Å². The van der Waals surface area contributed by atoms with Crippen molar-refractivity contribution in [2.75, 3.05) is 12.3 Å². The second-order valence-corrected chi connectivity index (χ2v) is 4.11. The third kappa shape index (κ3) is 4.46. The first kappa shape index (κ1) is 14.0. The number of rotatable bonds is 6. The molecule has 4 nitrogen and oxygen atoms in total. The molecule has 0 aliphatic carbocycles. The minimum absolute atomic E-state index is 0.189. The number of unbranched alkanes of at least 4 members (excludes halogenated alkanes) is 1. The Labute approximate surface area is 107 Å². The minimum atomic E-state index is -0.189. The van der Waals surface area contributed by atoms with Crippen molar-refractivity contribution >= 4 is 11.7 Å². The predicted molar refractivity (Wildman–Crippen MR) is 69.8 cm³/mol. The summed E-state index contributed by atoms with van der Waals surface area (Å²) in [7, 11) is 0. The molecule has 0 atom stereocenters. The van der Waals surface area contributed by atoms with Crippen LogP contribution < -0.4 is 5.73 Å². The fourth-order valence-corrected chi connectivity index (χ4v) is 1.52. The molecule has 0 spiro atoms. The standard InChI is InChI=1S/C14H18N2O2/c1-2-3-8-18-14(17)7-5-11-4-6-12(10-15)13(16)9-11/h4,6,9H,2-3,5,7-8,16H2,1H3. The van der Waals surface area contributed by atoms with Crippen LogP contribution in [0, 0.1) is 11.3 Å². The van der Waals surface area contributed by atoms with Crippen LogP contribution in [0.15, 0.2) is 18.2 Å². The molecule has 0 saturated heterocycles. The maximum absolute atomic E-state index is 11.4. The van der Waals surface area contributed by atoms with E-state index in [9.17, 15) is 4.79 Å². The molecule has 0 amide bonds. The Bertz CT molecular complexity index is 450. The van der Waals surface area contributed by atoms with Crippen LogP contribution >= 0.6 is 0 Å². The van der Waals surface area contributed by atoms with Crippen molar-refractivity contribution < 1.29 is 9.53 Å². The van der Waals surface area contributed by atoms with Crippen molar-refractivity contribution in [2.45, 2.75) is 32.6 Å². The Hall–Kier alpha value is -2.02. The van der Waals surface area contributed by atoms with Crippen LogP contribution in [0.5, 0.6) is 0 Å². The monoisotopic (exact) mass is 246 g/mol. The van der Waals surface area contributed by atoms with Gasteiger partial charge in [0.2, 0.25) is 0 Å². The van der Waals surface area contributed by atoms with Gasteiger partial charge in [-0.3, -0.25) is 4.79 Å². The number of ether oxygens (including phenoxy) is 1. The van der Waals surface area contributed by atoms with Gasteiger partial charge in [-0.1, -0.05) is 19.4 Å². The van der Waals surface area contributed by atoms with E-state index in [2.05, 4.69) is 0 Å². The van der Waals surface area contributed by atoms with E-state index in [0.717, 1.165) is 18.4 Å². The van der Waals surface area contributed by atoms with Gasteiger partial charge in [0.15, 0.2) is 0 Å². The number of nitrogen functional groups attached to an aromatic ring is 1. The number of nitrogens with zero attached hydrogens (tertiary/aromatic N) is 1. The molecule has 18 heavy (non-hydrogen) atoms. The highest BCUT2D eigenvalue weighted by atomic mass is 16.5. The first-order chi connectivity index (χ1) is 8.67. The predicted octanol–water partition coefficient (Wildman–Crippen LogP) is 2.42. The lowest BCUT2D eigenvalue weighted by Gasteiger charge is -2.05. The fraction of sp³-hybridized carbons (Fsp3) is 0.429. The highest BCUT2D eigenvalue weighted by molar-refractivity contribution is 5.69. The first-order valence-electron chi connectivity index (χ1n) is 6.11. The molecular weight excluding hydrogens is 228 g/mol. The van der Waals surface area contributed by atoms with Gasteiger partial charge >= 0.3 is 5.97 Å². The molecule has 1 aromatic carbocycles. The van der Waals surface area contributed by atoms with Gasteiger partial charge < -0.3 is 10.5 Å². The maximum Gasteiger partial charge on any atom is 0.306 e. The normalized spacial score (nSPS) is 9.78. The molecule has 0 fully saturated rings. The van der Waals surface area contributed by atoms with Crippen molar-refractivity contribution in [3.63, 3.8) is 0 Å². The van der Waals surface area contributed by atoms with Gasteiger partial charge in [0.25, 0.3) is 0 Å². The van der Waals surface area contributed by atoms with Crippen molar-refractivity contribution in [3.8, 4) is 6.07 Å². The number of aryl methyl sites for hydroxylation is 1. The number of hydrogen-bond donors (Lipinski definition) is 1. The number of esters is 1. The summed E-state index contributed by atoms with van der Waals surface area (Å²) in [6.45, 7) is 2.54. The molecule has 1 aromatic rings. The van der Waals surface area contributed by atoms with Crippen LogP contribution in [-0.2, 0) is 16.0 Å². The molecular formula is C14H18N2O2. The van der Waals surface area contributed by atoms with Gasteiger partial charge in [0.05, 0.1) is 12.2 Å². The molecule has 0 aliphatic heterocycles. The average molecular weight is 246 g/mol. The second kappa shape index (κ2) is 7.33. The number of carbonyl (C=O) groups is 1. The second-order valence-electron chi connectivity index (χ2n) is 4.11. The van der Waals surface area contributed by atoms with Gasteiger partial charge in [-0.25, -0.2) is 0 Å². The molecule has 0 radical (unpaired) electrons. The van der Waals surface area contributed by atoms with Gasteiger partial charge in [0, 0.05) is 12.1 Å². The quantitative estimate of drug-likeness (QED) is 0.475. The summed E-state index contributed by atoms with van der Waals surface area (Å²) in [5.41, 5.74) is 7.56. The van der Waals surface area contributed by atoms with Crippen molar-refractivity contribution in [3.05, 3.63) is 29.3 Å². The van der Waals surface area contributed by atoms with E-state index >= 15 is 0 Å². The van der Waals surface area contributed by atoms with E-state index in [4.69, 9.17) is 15.7 Å². The maximum atomic E-state index is 11.4. The van der Waals surface area contributed by atoms with Crippen LogP contribution in [0.25, 0.3) is 0 Å². The molecule has 0 unspecified atom stereocenters. The van der Waals surface area contributed by atoms with E-state index in [-0.39, 0.29) is 5.97 Å². The summed E-state index contributed by atoms with van der Waals surface area (Å²) in [6, 6.07) is 7.23. The van der Waals surface area contributed by atoms with Crippen molar-refractivity contribution in [1.82, 2.24) is 0 Å². The van der Waals surface area contributed by atoms with Crippen LogP contribution in [-0.4, -0.2) is 12.6 Å². The molecule has 0 aromatic heterocycles. The van der Waals surface area contributed by atoms with E-state index < -0.39 is 0 Å². The molecule has 0 bridgehead atoms. The Morgan fingerprint density at radius 3 is 2.89 bits per heavy atom. The number of nitrogens with two attached hydrogens (primary N) is 1.